The number of carboxylic acids is 1. The van der Waals surface area contributed by atoms with Crippen molar-refractivity contribution >= 4 is 5.97 Å². The van der Waals surface area contributed by atoms with E-state index in [2.05, 4.69) is 11.8 Å². The number of carboxylic acid groups (broad SMARTS) is 1. The van der Waals surface area contributed by atoms with Gasteiger partial charge in [-0.15, -0.1) is 0 Å². The Morgan fingerprint density at radius 2 is 2.31 bits per heavy atom. The van der Waals surface area contributed by atoms with Gasteiger partial charge in [0.05, 0.1) is 12.5 Å². The maximum Gasteiger partial charge on any atom is 0.303 e. The van der Waals surface area contributed by atoms with Gasteiger partial charge in [0.15, 0.2) is 0 Å². The topological polar surface area (TPSA) is 53.7 Å². The molecular formula is C12H17NO3. The largest absolute Gasteiger partial charge is 0.481 e. The normalized spacial score (nSPS) is 19.4. The highest BCUT2D eigenvalue weighted by molar-refractivity contribution is 5.67. The molecule has 4 heteroatoms. The summed E-state index contributed by atoms with van der Waals surface area (Å²) in [6.45, 7) is 5.73. The standard InChI is InChI=1S/C12H17NO3/c1-8-3-4-11(16-8)9(2)13-6-10(7-13)5-12(14)15/h3-4,9-10H,5-7H2,1-2H3,(H,14,15). The lowest BCUT2D eigenvalue weighted by Crippen LogP contribution is -2.48. The summed E-state index contributed by atoms with van der Waals surface area (Å²) in [6.07, 6.45) is 0.278. The van der Waals surface area contributed by atoms with E-state index >= 15 is 0 Å². The third kappa shape index (κ3) is 2.27. The van der Waals surface area contributed by atoms with E-state index in [1.165, 1.54) is 0 Å². The average Bonchev–Trinajstić information content (AvgIpc) is 2.56. The zero-order valence-electron chi connectivity index (χ0n) is 9.64. The van der Waals surface area contributed by atoms with Crippen LogP contribution < -0.4 is 0 Å². The molecule has 1 saturated heterocycles. The molecule has 2 heterocycles. The zero-order chi connectivity index (χ0) is 11.7. The summed E-state index contributed by atoms with van der Waals surface area (Å²) in [5, 5.41) is 8.66. The van der Waals surface area contributed by atoms with E-state index in [9.17, 15) is 4.79 Å². The number of aliphatic carboxylic acids is 1. The highest BCUT2D eigenvalue weighted by atomic mass is 16.4. The first kappa shape index (κ1) is 11.2. The number of aryl methyl sites for hydroxylation is 1. The van der Waals surface area contributed by atoms with E-state index in [1.807, 2.05) is 19.1 Å². The Hall–Kier alpha value is -1.29. The molecule has 1 aliphatic rings. The van der Waals surface area contributed by atoms with Gasteiger partial charge in [-0.05, 0) is 31.9 Å². The van der Waals surface area contributed by atoms with E-state index in [0.29, 0.717) is 5.92 Å². The Balaban J connectivity index is 1.85. The number of furan rings is 1. The summed E-state index contributed by atoms with van der Waals surface area (Å²) >= 11 is 0. The van der Waals surface area contributed by atoms with Crippen LogP contribution in [0.5, 0.6) is 0 Å². The molecule has 0 aromatic carbocycles. The Labute approximate surface area is 94.9 Å². The molecule has 0 amide bonds. The second-order valence-corrected chi connectivity index (χ2v) is 4.54. The van der Waals surface area contributed by atoms with Crippen LogP contribution in [-0.4, -0.2) is 29.1 Å². The van der Waals surface area contributed by atoms with Crippen molar-refractivity contribution in [2.24, 2.45) is 5.92 Å². The molecule has 1 aliphatic heterocycles. The average molecular weight is 223 g/mol. The molecular weight excluding hydrogens is 206 g/mol. The third-order valence-electron chi connectivity index (χ3n) is 3.17. The first-order chi connectivity index (χ1) is 7.56. The maximum atomic E-state index is 10.5. The van der Waals surface area contributed by atoms with Gasteiger partial charge in [0.25, 0.3) is 0 Å². The van der Waals surface area contributed by atoms with Crippen LogP contribution in [0.2, 0.25) is 0 Å². The van der Waals surface area contributed by atoms with Gasteiger partial charge in [0, 0.05) is 13.1 Å². The van der Waals surface area contributed by atoms with Crippen LogP contribution in [0.1, 0.15) is 30.9 Å². The lowest BCUT2D eigenvalue weighted by Gasteiger charge is -2.41. The summed E-state index contributed by atoms with van der Waals surface area (Å²) < 4.78 is 5.56. The third-order valence-corrected chi connectivity index (χ3v) is 3.17. The number of rotatable bonds is 4. The monoisotopic (exact) mass is 223 g/mol. The van der Waals surface area contributed by atoms with E-state index in [0.717, 1.165) is 24.6 Å². The Morgan fingerprint density at radius 1 is 1.62 bits per heavy atom. The summed E-state index contributed by atoms with van der Waals surface area (Å²) in [7, 11) is 0. The van der Waals surface area contributed by atoms with Gasteiger partial charge in [0.2, 0.25) is 0 Å². The molecule has 0 radical (unpaired) electrons. The van der Waals surface area contributed by atoms with E-state index in [4.69, 9.17) is 9.52 Å². The molecule has 1 fully saturated rings. The van der Waals surface area contributed by atoms with Crippen LogP contribution >= 0.6 is 0 Å². The first-order valence-corrected chi connectivity index (χ1v) is 5.58. The van der Waals surface area contributed by atoms with Crippen LogP contribution in [-0.2, 0) is 4.79 Å². The predicted octanol–water partition coefficient (Wildman–Crippen LogP) is 2.06. The molecule has 2 rings (SSSR count). The van der Waals surface area contributed by atoms with Gasteiger partial charge >= 0.3 is 5.97 Å². The molecule has 88 valence electrons. The molecule has 0 aliphatic carbocycles. The van der Waals surface area contributed by atoms with Gasteiger partial charge < -0.3 is 9.52 Å². The van der Waals surface area contributed by atoms with Crippen molar-refractivity contribution in [3.63, 3.8) is 0 Å². The van der Waals surface area contributed by atoms with Crippen LogP contribution in [0.4, 0.5) is 0 Å². The smallest absolute Gasteiger partial charge is 0.303 e. The van der Waals surface area contributed by atoms with Crippen LogP contribution in [0.15, 0.2) is 16.5 Å². The molecule has 4 nitrogen and oxygen atoms in total. The fraction of sp³-hybridized carbons (Fsp3) is 0.583. The lowest BCUT2D eigenvalue weighted by atomic mass is 9.94. The molecule has 1 aromatic heterocycles. The first-order valence-electron chi connectivity index (χ1n) is 5.58. The van der Waals surface area contributed by atoms with Gasteiger partial charge in [-0.2, -0.15) is 0 Å². The maximum absolute atomic E-state index is 10.5. The van der Waals surface area contributed by atoms with Crippen molar-refractivity contribution < 1.29 is 14.3 Å². The van der Waals surface area contributed by atoms with E-state index in [1.54, 1.807) is 0 Å². The molecule has 0 bridgehead atoms. The molecule has 1 aromatic rings. The van der Waals surface area contributed by atoms with Crippen molar-refractivity contribution in [3.05, 3.63) is 23.7 Å². The molecule has 1 N–H and O–H groups in total. The fourth-order valence-corrected chi connectivity index (χ4v) is 2.16. The van der Waals surface area contributed by atoms with Crippen LogP contribution in [0, 0.1) is 12.8 Å². The SMILES string of the molecule is Cc1ccc(C(C)N2CC(CC(=O)O)C2)o1. The van der Waals surface area contributed by atoms with Crippen molar-refractivity contribution in [3.8, 4) is 0 Å². The zero-order valence-corrected chi connectivity index (χ0v) is 9.64. The summed E-state index contributed by atoms with van der Waals surface area (Å²) in [5.41, 5.74) is 0. The Morgan fingerprint density at radius 3 is 2.81 bits per heavy atom. The molecule has 16 heavy (non-hydrogen) atoms. The number of hydrogen-bond donors (Lipinski definition) is 1. The Bertz CT molecular complexity index is 379. The van der Waals surface area contributed by atoms with Crippen molar-refractivity contribution in [1.29, 1.82) is 0 Å². The van der Waals surface area contributed by atoms with Gasteiger partial charge in [-0.25, -0.2) is 0 Å². The fourth-order valence-electron chi connectivity index (χ4n) is 2.16. The highest BCUT2D eigenvalue weighted by Gasteiger charge is 2.33. The van der Waals surface area contributed by atoms with E-state index in [-0.39, 0.29) is 12.5 Å². The number of nitrogens with zero attached hydrogens (tertiary/aromatic N) is 1. The van der Waals surface area contributed by atoms with Gasteiger partial charge in [-0.3, -0.25) is 9.69 Å². The summed E-state index contributed by atoms with van der Waals surface area (Å²) in [5.74, 6) is 1.48. The molecule has 0 saturated carbocycles. The second-order valence-electron chi connectivity index (χ2n) is 4.54. The van der Waals surface area contributed by atoms with Gasteiger partial charge in [0.1, 0.15) is 11.5 Å². The Kier molecular flexibility index (Phi) is 3.01. The molecule has 1 unspecified atom stereocenters. The highest BCUT2D eigenvalue weighted by Crippen LogP contribution is 2.30. The number of hydrogen-bond acceptors (Lipinski definition) is 3. The van der Waals surface area contributed by atoms with Crippen LogP contribution in [0.25, 0.3) is 0 Å². The lowest BCUT2D eigenvalue weighted by molar-refractivity contribution is -0.139. The van der Waals surface area contributed by atoms with E-state index < -0.39 is 5.97 Å². The number of likely N-dealkylation sites (tertiary alicyclic amines) is 1. The summed E-state index contributed by atoms with van der Waals surface area (Å²) in [6, 6.07) is 4.20. The quantitative estimate of drug-likeness (QED) is 0.848. The van der Waals surface area contributed by atoms with Crippen LogP contribution in [0.3, 0.4) is 0 Å². The van der Waals surface area contributed by atoms with Crippen molar-refractivity contribution in [2.75, 3.05) is 13.1 Å². The van der Waals surface area contributed by atoms with Crippen molar-refractivity contribution in [2.45, 2.75) is 26.3 Å². The minimum atomic E-state index is -0.703. The van der Waals surface area contributed by atoms with Crippen molar-refractivity contribution in [1.82, 2.24) is 4.90 Å². The minimum Gasteiger partial charge on any atom is -0.481 e. The van der Waals surface area contributed by atoms with Gasteiger partial charge in [-0.1, -0.05) is 0 Å². The second kappa shape index (κ2) is 4.29. The predicted molar refractivity (Wildman–Crippen MR) is 59.2 cm³/mol. The minimum absolute atomic E-state index is 0.249. The molecule has 0 spiro atoms. The number of carbonyl (C=O) groups is 1. The summed E-state index contributed by atoms with van der Waals surface area (Å²) in [4.78, 5) is 12.8. The molecule has 1 atom stereocenters.